The second-order valence-corrected chi connectivity index (χ2v) is 13.0. The number of esters is 3. The van der Waals surface area contributed by atoms with Gasteiger partial charge in [0.25, 0.3) is 0 Å². The molecule has 206 valence electrons. The van der Waals surface area contributed by atoms with Gasteiger partial charge in [-0.1, -0.05) is 13.8 Å². The van der Waals surface area contributed by atoms with Crippen LogP contribution in [0.25, 0.3) is 0 Å². The number of piperidine rings is 1. The quantitative estimate of drug-likeness (QED) is 0.430. The number of carbonyl (C=O) groups excluding carboxylic acids is 3. The maximum absolute atomic E-state index is 12.9. The lowest BCUT2D eigenvalue weighted by molar-refractivity contribution is -0.271. The summed E-state index contributed by atoms with van der Waals surface area (Å²) < 4.78 is 24.4. The lowest BCUT2D eigenvalue weighted by Crippen LogP contribution is -2.76. The summed E-state index contributed by atoms with van der Waals surface area (Å²) in [6.45, 7) is 10.4. The molecule has 1 saturated heterocycles. The van der Waals surface area contributed by atoms with Gasteiger partial charge in [0.1, 0.15) is 18.3 Å². The van der Waals surface area contributed by atoms with Gasteiger partial charge >= 0.3 is 17.9 Å². The van der Waals surface area contributed by atoms with Gasteiger partial charge in [-0.25, -0.2) is 0 Å². The van der Waals surface area contributed by atoms with Gasteiger partial charge in [-0.3, -0.25) is 19.3 Å². The van der Waals surface area contributed by atoms with Crippen molar-refractivity contribution in [1.29, 1.82) is 0 Å². The van der Waals surface area contributed by atoms with Crippen molar-refractivity contribution in [2.75, 3.05) is 20.2 Å². The number of rotatable bonds is 5. The van der Waals surface area contributed by atoms with E-state index in [4.69, 9.17) is 18.9 Å². The predicted octanol–water partition coefficient (Wildman–Crippen LogP) is 1.93. The van der Waals surface area contributed by atoms with Gasteiger partial charge in [-0.15, -0.1) is 0 Å². The van der Waals surface area contributed by atoms with E-state index in [9.17, 15) is 19.5 Å². The van der Waals surface area contributed by atoms with Crippen LogP contribution in [0, 0.1) is 40.4 Å². The highest BCUT2D eigenvalue weighted by atomic mass is 16.6. The van der Waals surface area contributed by atoms with Crippen molar-refractivity contribution >= 4 is 17.9 Å². The van der Waals surface area contributed by atoms with Gasteiger partial charge in [-0.05, 0) is 37.1 Å². The lowest BCUT2D eigenvalue weighted by atomic mass is 9.43. The predicted molar refractivity (Wildman–Crippen MR) is 130 cm³/mol. The third kappa shape index (κ3) is 3.05. The molecule has 0 aromatic rings. The third-order valence-corrected chi connectivity index (χ3v) is 11.5. The van der Waals surface area contributed by atoms with Crippen LogP contribution < -0.4 is 0 Å². The number of fused-ring (bicyclic) bond motifs is 2. The Morgan fingerprint density at radius 2 is 1.65 bits per heavy atom. The molecular weight excluding hydrogens is 478 g/mol. The molecule has 1 aliphatic heterocycles. The molecule has 6 rings (SSSR count). The van der Waals surface area contributed by atoms with Crippen molar-refractivity contribution < 1.29 is 38.4 Å². The van der Waals surface area contributed by atoms with E-state index in [2.05, 4.69) is 18.7 Å². The van der Waals surface area contributed by atoms with Crippen molar-refractivity contribution in [3.63, 3.8) is 0 Å². The van der Waals surface area contributed by atoms with E-state index in [-0.39, 0.29) is 65.2 Å². The first kappa shape index (κ1) is 25.6. The van der Waals surface area contributed by atoms with Crippen LogP contribution in [0.1, 0.15) is 60.3 Å². The zero-order valence-electron chi connectivity index (χ0n) is 22.8. The van der Waals surface area contributed by atoms with Crippen LogP contribution in [0.4, 0.5) is 0 Å². The second-order valence-electron chi connectivity index (χ2n) is 13.0. The molecule has 5 aliphatic carbocycles. The molecule has 0 aromatic heterocycles. The van der Waals surface area contributed by atoms with Crippen molar-refractivity contribution in [3.8, 4) is 0 Å². The first-order valence-corrected chi connectivity index (χ1v) is 13.9. The van der Waals surface area contributed by atoms with E-state index in [1.807, 2.05) is 0 Å². The molecule has 13 unspecified atom stereocenters. The van der Waals surface area contributed by atoms with Crippen molar-refractivity contribution in [1.82, 2.24) is 4.90 Å². The summed E-state index contributed by atoms with van der Waals surface area (Å²) in [4.78, 5) is 39.9. The number of likely N-dealkylation sites (tertiary alicyclic amines) is 1. The van der Waals surface area contributed by atoms with Gasteiger partial charge in [0.2, 0.25) is 0 Å². The van der Waals surface area contributed by atoms with Gasteiger partial charge in [-0.2, -0.15) is 0 Å². The Hall–Kier alpha value is -1.71. The van der Waals surface area contributed by atoms with Crippen LogP contribution in [0.5, 0.6) is 0 Å². The van der Waals surface area contributed by atoms with Crippen LogP contribution in [0.15, 0.2) is 0 Å². The average molecular weight is 520 g/mol. The number of aliphatic hydroxyl groups is 1. The fourth-order valence-electron chi connectivity index (χ4n) is 11.1. The van der Waals surface area contributed by atoms with Crippen molar-refractivity contribution in [3.05, 3.63) is 0 Å². The largest absolute Gasteiger partial charge is 0.462 e. The molecule has 0 aromatic carbocycles. The highest BCUT2D eigenvalue weighted by molar-refractivity contribution is 5.67. The molecule has 1 N–H and O–H groups in total. The summed E-state index contributed by atoms with van der Waals surface area (Å²) in [6, 6.07) is -0.122. The maximum Gasteiger partial charge on any atom is 0.302 e. The first-order valence-electron chi connectivity index (χ1n) is 13.9. The number of hydrogen-bond acceptors (Lipinski definition) is 9. The van der Waals surface area contributed by atoms with Crippen LogP contribution in [0.3, 0.4) is 0 Å². The number of nitrogens with zero attached hydrogens (tertiary/aromatic N) is 1. The number of ether oxygens (including phenoxy) is 4. The molecule has 7 bridgehead atoms. The standard InChI is InChI=1S/C28H41NO8/c1-7-29-12-26(5)9-8-19(35-13(2)30)28-17-10-16-18(34-6)11-27(33,20(17)22(16)36-14(3)31)21(25(28)29)23(24(26)28)37-15(4)32/h16-25,33H,7-12H2,1-6H3. The minimum Gasteiger partial charge on any atom is -0.462 e. The Morgan fingerprint density at radius 1 is 1.00 bits per heavy atom. The molecular formula is C28H41NO8. The molecule has 1 heterocycles. The minimum atomic E-state index is -1.26. The molecule has 0 amide bonds. The number of hydrogen-bond donors (Lipinski definition) is 1. The molecule has 1 spiro atoms. The maximum atomic E-state index is 12.9. The molecule has 9 heteroatoms. The van der Waals surface area contributed by atoms with Crippen LogP contribution >= 0.6 is 0 Å². The molecule has 13 atom stereocenters. The van der Waals surface area contributed by atoms with Crippen LogP contribution in [-0.2, 0) is 33.3 Å². The molecule has 6 fully saturated rings. The highest BCUT2D eigenvalue weighted by Gasteiger charge is 2.87. The third-order valence-electron chi connectivity index (χ3n) is 11.5. The fraction of sp³-hybridized carbons (Fsp3) is 0.893. The van der Waals surface area contributed by atoms with Gasteiger partial charge in [0.15, 0.2) is 0 Å². The minimum absolute atomic E-state index is 0.0490. The zero-order chi connectivity index (χ0) is 26.7. The molecule has 6 aliphatic rings. The summed E-state index contributed by atoms with van der Waals surface area (Å²) in [5.41, 5.74) is -1.96. The summed E-state index contributed by atoms with van der Waals surface area (Å²) >= 11 is 0. The normalized spacial score (nSPS) is 52.9. The Labute approximate surface area is 218 Å². The first-order chi connectivity index (χ1) is 17.4. The Bertz CT molecular complexity index is 1020. The Kier molecular flexibility index (Phi) is 5.63. The van der Waals surface area contributed by atoms with E-state index < -0.39 is 29.1 Å². The van der Waals surface area contributed by atoms with Gasteiger partial charge in [0.05, 0.1) is 11.7 Å². The lowest BCUT2D eigenvalue weighted by Gasteiger charge is -2.68. The monoisotopic (exact) mass is 519 g/mol. The summed E-state index contributed by atoms with van der Waals surface area (Å²) in [5, 5.41) is 12.9. The second kappa shape index (κ2) is 8.15. The summed E-state index contributed by atoms with van der Waals surface area (Å²) in [6.07, 6.45) is 1.02. The zero-order valence-corrected chi connectivity index (χ0v) is 22.8. The number of methoxy groups -OCH3 is 1. The molecule has 9 nitrogen and oxygen atoms in total. The summed E-state index contributed by atoms with van der Waals surface area (Å²) in [5.74, 6) is -1.99. The van der Waals surface area contributed by atoms with Crippen LogP contribution in [0.2, 0.25) is 0 Å². The average Bonchev–Trinajstić information content (AvgIpc) is 3.23. The van der Waals surface area contributed by atoms with E-state index in [0.29, 0.717) is 12.8 Å². The van der Waals surface area contributed by atoms with E-state index in [1.165, 1.54) is 20.8 Å². The topological polar surface area (TPSA) is 112 Å². The molecule has 5 saturated carbocycles. The highest BCUT2D eigenvalue weighted by Crippen LogP contribution is 2.79. The van der Waals surface area contributed by atoms with E-state index in [1.54, 1.807) is 7.11 Å². The number of carbonyl (C=O) groups is 3. The van der Waals surface area contributed by atoms with Crippen LogP contribution in [-0.4, -0.2) is 84.2 Å². The SMILES string of the molecule is CCN1CC2(C)CCC(OC(C)=O)C34C5CC6C(OC)CC(O)(C5C6OC(C)=O)C(C(OC(C)=O)C23)C14. The molecule has 37 heavy (non-hydrogen) atoms. The Morgan fingerprint density at radius 3 is 2.24 bits per heavy atom. The molecule has 0 radical (unpaired) electrons. The summed E-state index contributed by atoms with van der Waals surface area (Å²) in [7, 11) is 1.65. The van der Waals surface area contributed by atoms with E-state index >= 15 is 0 Å². The van der Waals surface area contributed by atoms with E-state index in [0.717, 1.165) is 25.9 Å². The van der Waals surface area contributed by atoms with Crippen molar-refractivity contribution in [2.24, 2.45) is 40.4 Å². The van der Waals surface area contributed by atoms with Gasteiger partial charge in [0, 0.05) is 76.0 Å². The fourth-order valence-corrected chi connectivity index (χ4v) is 11.1. The van der Waals surface area contributed by atoms with Gasteiger partial charge < -0.3 is 24.1 Å². The van der Waals surface area contributed by atoms with Crippen molar-refractivity contribution in [2.45, 2.75) is 96.4 Å². The Balaban J connectivity index is 1.63. The smallest absolute Gasteiger partial charge is 0.302 e.